The van der Waals surface area contributed by atoms with Gasteiger partial charge in [-0.05, 0) is 74.2 Å². The van der Waals surface area contributed by atoms with Crippen molar-refractivity contribution >= 4 is 61.3 Å². The number of thiophene rings is 1. The molecular weight excluding hydrogens is 420 g/mol. The highest BCUT2D eigenvalue weighted by molar-refractivity contribution is 9.10. The Morgan fingerprint density at radius 2 is 2.04 bits per heavy atom. The highest BCUT2D eigenvalue weighted by Gasteiger charge is 2.26. The van der Waals surface area contributed by atoms with Crippen molar-refractivity contribution in [2.24, 2.45) is 0 Å². The van der Waals surface area contributed by atoms with E-state index in [0.29, 0.717) is 10.7 Å². The maximum absolute atomic E-state index is 12.3. The number of nitrogens with one attached hydrogen (secondary N) is 2. The molecule has 0 bridgehead atoms. The van der Waals surface area contributed by atoms with Gasteiger partial charge in [-0.2, -0.15) is 0 Å². The molecule has 0 saturated carbocycles. The van der Waals surface area contributed by atoms with Crippen LogP contribution in [0.5, 0.6) is 0 Å². The van der Waals surface area contributed by atoms with Crippen molar-refractivity contribution in [2.45, 2.75) is 32.6 Å². The molecule has 0 spiro atoms. The summed E-state index contributed by atoms with van der Waals surface area (Å²) in [6.07, 6.45) is 4.20. The Hall–Kier alpha value is -1.44. The van der Waals surface area contributed by atoms with Crippen LogP contribution < -0.4 is 10.6 Å². The van der Waals surface area contributed by atoms with Crippen LogP contribution in [-0.4, -0.2) is 18.2 Å². The Labute approximate surface area is 165 Å². The van der Waals surface area contributed by atoms with Crippen molar-refractivity contribution in [1.29, 1.82) is 0 Å². The number of aryl methyl sites for hydroxylation is 2. The zero-order chi connectivity index (χ0) is 18.0. The average Bonchev–Trinajstić information content (AvgIpc) is 2.95. The molecule has 1 heterocycles. The number of methoxy groups -OCH3 is 1. The molecular formula is C18H19BrN2O2S2. The quantitative estimate of drug-likeness (QED) is 0.503. The number of carbonyl (C=O) groups excluding carboxylic acids is 1. The smallest absolute Gasteiger partial charge is 0.341 e. The Kier molecular flexibility index (Phi) is 5.76. The standard InChI is InChI=1S/C18H19BrN2O2S2/c1-10-9-11(7-8-13(10)19)20-18(24)21-16-15(17(22)23-2)12-5-3-4-6-14(12)25-16/h7-9H,3-6H2,1-2H3,(H2,20,21,24). The van der Waals surface area contributed by atoms with Gasteiger partial charge >= 0.3 is 5.97 Å². The molecule has 2 aromatic rings. The number of halogens is 1. The molecule has 1 aliphatic rings. The Bertz CT molecular complexity index is 833. The first-order valence-corrected chi connectivity index (χ1v) is 10.1. The maximum Gasteiger partial charge on any atom is 0.341 e. The first-order chi connectivity index (χ1) is 12.0. The van der Waals surface area contributed by atoms with Gasteiger partial charge < -0.3 is 15.4 Å². The Balaban J connectivity index is 1.82. The minimum Gasteiger partial charge on any atom is -0.465 e. The fourth-order valence-corrected chi connectivity index (χ4v) is 4.77. The topological polar surface area (TPSA) is 50.4 Å². The summed E-state index contributed by atoms with van der Waals surface area (Å²) in [5, 5.41) is 7.60. The van der Waals surface area contributed by atoms with Crippen molar-refractivity contribution < 1.29 is 9.53 Å². The van der Waals surface area contributed by atoms with Crippen LogP contribution in [0, 0.1) is 6.92 Å². The molecule has 0 unspecified atom stereocenters. The van der Waals surface area contributed by atoms with Crippen LogP contribution in [0.15, 0.2) is 22.7 Å². The van der Waals surface area contributed by atoms with Gasteiger partial charge in [-0.1, -0.05) is 15.9 Å². The molecule has 132 valence electrons. The monoisotopic (exact) mass is 438 g/mol. The summed E-state index contributed by atoms with van der Waals surface area (Å²) in [5.74, 6) is -0.302. The van der Waals surface area contributed by atoms with E-state index in [9.17, 15) is 4.79 Å². The Morgan fingerprint density at radius 3 is 2.76 bits per heavy atom. The second-order valence-corrected chi connectivity index (χ2v) is 8.32. The van der Waals surface area contributed by atoms with Crippen molar-refractivity contribution in [2.75, 3.05) is 17.7 Å². The highest BCUT2D eigenvalue weighted by Crippen LogP contribution is 2.38. The van der Waals surface area contributed by atoms with Crippen molar-refractivity contribution in [1.82, 2.24) is 0 Å². The van der Waals surface area contributed by atoms with E-state index in [4.69, 9.17) is 17.0 Å². The van der Waals surface area contributed by atoms with Crippen molar-refractivity contribution in [3.63, 3.8) is 0 Å². The van der Waals surface area contributed by atoms with Gasteiger partial charge in [-0.25, -0.2) is 4.79 Å². The van der Waals surface area contributed by atoms with E-state index >= 15 is 0 Å². The van der Waals surface area contributed by atoms with E-state index in [1.807, 2.05) is 25.1 Å². The lowest BCUT2D eigenvalue weighted by molar-refractivity contribution is 0.0601. The third kappa shape index (κ3) is 4.04. The number of rotatable bonds is 3. The summed E-state index contributed by atoms with van der Waals surface area (Å²) in [5.41, 5.74) is 3.78. The minimum absolute atomic E-state index is 0.302. The number of fused-ring (bicyclic) bond motifs is 1. The fraction of sp³-hybridized carbons (Fsp3) is 0.333. The van der Waals surface area contributed by atoms with Crippen LogP contribution in [0.2, 0.25) is 0 Å². The number of hydrogen-bond acceptors (Lipinski definition) is 4. The lowest BCUT2D eigenvalue weighted by atomic mass is 9.95. The first-order valence-electron chi connectivity index (χ1n) is 8.06. The van der Waals surface area contributed by atoms with Gasteiger partial charge in [-0.15, -0.1) is 11.3 Å². The van der Waals surface area contributed by atoms with Crippen molar-refractivity contribution in [3.8, 4) is 0 Å². The maximum atomic E-state index is 12.3. The third-order valence-electron chi connectivity index (χ3n) is 4.20. The Morgan fingerprint density at radius 1 is 1.28 bits per heavy atom. The molecule has 0 amide bonds. The van der Waals surface area contributed by atoms with E-state index in [0.717, 1.165) is 52.0 Å². The summed E-state index contributed by atoms with van der Waals surface area (Å²) in [6, 6.07) is 5.94. The van der Waals surface area contributed by atoms with Crippen LogP contribution in [0.1, 0.15) is 39.2 Å². The molecule has 1 aliphatic carbocycles. The minimum atomic E-state index is -0.302. The number of hydrogen-bond donors (Lipinski definition) is 2. The van der Waals surface area contributed by atoms with Crippen LogP contribution in [-0.2, 0) is 17.6 Å². The van der Waals surface area contributed by atoms with E-state index in [2.05, 4.69) is 26.6 Å². The van der Waals surface area contributed by atoms with Gasteiger partial charge in [-0.3, -0.25) is 0 Å². The summed E-state index contributed by atoms with van der Waals surface area (Å²) in [6.45, 7) is 2.02. The number of carbonyl (C=O) groups is 1. The summed E-state index contributed by atoms with van der Waals surface area (Å²) in [7, 11) is 1.42. The van der Waals surface area contributed by atoms with Gasteiger partial charge in [0, 0.05) is 15.0 Å². The van der Waals surface area contributed by atoms with E-state index < -0.39 is 0 Å². The van der Waals surface area contributed by atoms with Gasteiger partial charge in [0.05, 0.1) is 12.7 Å². The second kappa shape index (κ2) is 7.85. The summed E-state index contributed by atoms with van der Waals surface area (Å²) in [4.78, 5) is 13.5. The molecule has 7 heteroatoms. The average molecular weight is 439 g/mol. The highest BCUT2D eigenvalue weighted by atomic mass is 79.9. The third-order valence-corrected chi connectivity index (χ3v) is 6.50. The molecule has 1 aromatic heterocycles. The lowest BCUT2D eigenvalue weighted by Gasteiger charge is -2.13. The molecule has 0 fully saturated rings. The zero-order valence-corrected chi connectivity index (χ0v) is 17.3. The second-order valence-electron chi connectivity index (χ2n) is 5.95. The number of anilines is 2. The van der Waals surface area contributed by atoms with E-state index in [-0.39, 0.29) is 5.97 Å². The largest absolute Gasteiger partial charge is 0.465 e. The lowest BCUT2D eigenvalue weighted by Crippen LogP contribution is -2.20. The van der Waals surface area contributed by atoms with Crippen LogP contribution in [0.4, 0.5) is 10.7 Å². The predicted octanol–water partition coefficient (Wildman–Crippen LogP) is 5.29. The van der Waals surface area contributed by atoms with Crippen molar-refractivity contribution in [3.05, 3.63) is 44.2 Å². The zero-order valence-electron chi connectivity index (χ0n) is 14.1. The van der Waals surface area contributed by atoms with E-state index in [1.54, 1.807) is 11.3 Å². The van der Waals surface area contributed by atoms with Gasteiger partial charge in [0.25, 0.3) is 0 Å². The molecule has 25 heavy (non-hydrogen) atoms. The summed E-state index contributed by atoms with van der Waals surface area (Å²) < 4.78 is 6.04. The number of benzene rings is 1. The normalized spacial score (nSPS) is 13.1. The number of ether oxygens (including phenoxy) is 1. The fourth-order valence-electron chi connectivity index (χ4n) is 2.96. The van der Waals surface area contributed by atoms with E-state index in [1.165, 1.54) is 12.0 Å². The van der Waals surface area contributed by atoms with Gasteiger partial charge in [0.1, 0.15) is 5.00 Å². The number of thiocarbonyl (C=S) groups is 1. The summed E-state index contributed by atoms with van der Waals surface area (Å²) >= 11 is 10.5. The molecule has 1 aromatic carbocycles. The predicted molar refractivity (Wildman–Crippen MR) is 111 cm³/mol. The number of esters is 1. The molecule has 2 N–H and O–H groups in total. The first kappa shape index (κ1) is 18.4. The molecule has 0 saturated heterocycles. The van der Waals surface area contributed by atoms with Crippen LogP contribution in [0.3, 0.4) is 0 Å². The van der Waals surface area contributed by atoms with Gasteiger partial charge in [0.2, 0.25) is 0 Å². The molecule has 0 radical (unpaired) electrons. The van der Waals surface area contributed by atoms with Gasteiger partial charge in [0.15, 0.2) is 5.11 Å². The molecule has 0 atom stereocenters. The SMILES string of the molecule is COC(=O)c1c(NC(=S)Nc2ccc(Br)c(C)c2)sc2c1CCCC2. The molecule has 0 aliphatic heterocycles. The van der Waals surface area contributed by atoms with Crippen LogP contribution >= 0.6 is 39.5 Å². The molecule has 4 nitrogen and oxygen atoms in total. The molecule has 3 rings (SSSR count). The van der Waals surface area contributed by atoms with Crippen LogP contribution in [0.25, 0.3) is 0 Å².